The molecule has 0 aliphatic heterocycles. The predicted molar refractivity (Wildman–Crippen MR) is 108 cm³/mol. The fourth-order valence-electron chi connectivity index (χ4n) is 3.04. The minimum atomic E-state index is -1.65. The fourth-order valence-corrected chi connectivity index (χ4v) is 4.45. The molecule has 0 amide bonds. The van der Waals surface area contributed by atoms with Crippen molar-refractivity contribution in [2.75, 3.05) is 0 Å². The van der Waals surface area contributed by atoms with Gasteiger partial charge in [0.25, 0.3) is 0 Å². The predicted octanol–water partition coefficient (Wildman–Crippen LogP) is 5.73. The normalized spacial score (nSPS) is 11.9. The van der Waals surface area contributed by atoms with E-state index in [0.717, 1.165) is 0 Å². The number of pyridine rings is 1. The highest BCUT2D eigenvalue weighted by Crippen LogP contribution is 2.38. The molecular formula is C22H12ClFN2OS. The minimum Gasteiger partial charge on any atom is -0.606 e. The maximum atomic E-state index is 14.7. The molecule has 1 unspecified atom stereocenters. The van der Waals surface area contributed by atoms with Gasteiger partial charge in [-0.25, -0.2) is 4.39 Å². The number of halogens is 2. The Morgan fingerprint density at radius 1 is 1.04 bits per heavy atom. The van der Waals surface area contributed by atoms with E-state index >= 15 is 0 Å². The fraction of sp³-hybridized carbons (Fsp3) is 0. The lowest BCUT2D eigenvalue weighted by molar-refractivity contribution is 0.595. The van der Waals surface area contributed by atoms with Gasteiger partial charge in [-0.1, -0.05) is 41.9 Å². The highest BCUT2D eigenvalue weighted by Gasteiger charge is 2.25. The lowest BCUT2D eigenvalue weighted by Crippen LogP contribution is -2.06. The van der Waals surface area contributed by atoms with E-state index in [9.17, 15) is 8.94 Å². The number of hydrogen-bond donors (Lipinski definition) is 0. The first-order chi connectivity index (χ1) is 13.6. The molecule has 28 heavy (non-hydrogen) atoms. The van der Waals surface area contributed by atoms with Gasteiger partial charge in [0.05, 0.1) is 28.9 Å². The number of aromatic nitrogens is 1. The van der Waals surface area contributed by atoms with Crippen LogP contribution in [0.1, 0.15) is 5.56 Å². The Hall–Kier alpha value is -2.91. The van der Waals surface area contributed by atoms with Crippen LogP contribution in [0.15, 0.2) is 82.7 Å². The first-order valence-corrected chi connectivity index (χ1v) is 9.86. The summed E-state index contributed by atoms with van der Waals surface area (Å²) in [6, 6.07) is 20.0. The van der Waals surface area contributed by atoms with Gasteiger partial charge in [-0.3, -0.25) is 4.98 Å². The van der Waals surface area contributed by atoms with Crippen LogP contribution in [0.3, 0.4) is 0 Å². The highest BCUT2D eigenvalue weighted by atomic mass is 35.5. The highest BCUT2D eigenvalue weighted by molar-refractivity contribution is 7.91. The number of fused-ring (bicyclic) bond motifs is 1. The number of rotatable bonds is 3. The van der Waals surface area contributed by atoms with Crippen molar-refractivity contribution in [1.29, 1.82) is 5.26 Å². The molecule has 0 saturated carbocycles. The van der Waals surface area contributed by atoms with Crippen LogP contribution in [0.5, 0.6) is 0 Å². The van der Waals surface area contributed by atoms with Gasteiger partial charge in [-0.2, -0.15) is 5.26 Å². The number of benzene rings is 3. The molecule has 4 rings (SSSR count). The van der Waals surface area contributed by atoms with Crippen molar-refractivity contribution in [1.82, 2.24) is 4.98 Å². The third-order valence-electron chi connectivity index (χ3n) is 4.32. The zero-order chi connectivity index (χ0) is 19.7. The van der Waals surface area contributed by atoms with E-state index in [1.54, 1.807) is 60.7 Å². The summed E-state index contributed by atoms with van der Waals surface area (Å²) in [6.07, 6.45) is 1.48. The molecule has 1 heterocycles. The van der Waals surface area contributed by atoms with Crippen molar-refractivity contribution in [3.8, 4) is 17.2 Å². The first-order valence-electron chi connectivity index (χ1n) is 8.33. The lowest BCUT2D eigenvalue weighted by Gasteiger charge is -2.16. The van der Waals surface area contributed by atoms with Crippen LogP contribution in [0.25, 0.3) is 22.0 Å². The Labute approximate surface area is 169 Å². The molecule has 1 aromatic heterocycles. The lowest BCUT2D eigenvalue weighted by atomic mass is 10.0. The third-order valence-corrected chi connectivity index (χ3v) is 5.94. The summed E-state index contributed by atoms with van der Waals surface area (Å²) in [6.45, 7) is 0. The van der Waals surface area contributed by atoms with Crippen LogP contribution in [0.4, 0.5) is 4.39 Å². The van der Waals surface area contributed by atoms with E-state index in [2.05, 4.69) is 4.98 Å². The minimum absolute atomic E-state index is 0.331. The zero-order valence-corrected chi connectivity index (χ0v) is 16.0. The molecule has 1 atom stereocenters. The SMILES string of the molecule is N#Cc1cccc([S+]([O-])c2cnc3cc(Cl)ccc3c2-c2ccccc2F)c1. The summed E-state index contributed by atoms with van der Waals surface area (Å²) >= 11 is 4.42. The molecular weight excluding hydrogens is 395 g/mol. The maximum absolute atomic E-state index is 14.7. The van der Waals surface area contributed by atoms with Gasteiger partial charge in [0.1, 0.15) is 5.82 Å². The van der Waals surface area contributed by atoms with Crippen molar-refractivity contribution >= 4 is 33.7 Å². The second kappa shape index (κ2) is 7.61. The van der Waals surface area contributed by atoms with Crippen molar-refractivity contribution in [2.24, 2.45) is 0 Å². The number of nitrogens with zero attached hydrogens (tertiary/aromatic N) is 2. The molecule has 0 spiro atoms. The van der Waals surface area contributed by atoms with Gasteiger partial charge < -0.3 is 4.55 Å². The van der Waals surface area contributed by atoms with Crippen LogP contribution in [-0.2, 0) is 11.2 Å². The van der Waals surface area contributed by atoms with Gasteiger partial charge >= 0.3 is 0 Å². The van der Waals surface area contributed by atoms with E-state index < -0.39 is 17.0 Å². The second-order valence-electron chi connectivity index (χ2n) is 6.05. The second-order valence-corrected chi connectivity index (χ2v) is 7.93. The molecule has 0 fully saturated rings. The molecule has 0 radical (unpaired) electrons. The third kappa shape index (κ3) is 3.34. The van der Waals surface area contributed by atoms with Crippen molar-refractivity contribution in [3.05, 3.63) is 89.3 Å². The van der Waals surface area contributed by atoms with E-state index in [4.69, 9.17) is 16.9 Å². The molecule has 3 nitrogen and oxygen atoms in total. The molecule has 0 N–H and O–H groups in total. The van der Waals surface area contributed by atoms with E-state index in [1.165, 1.54) is 12.3 Å². The summed E-state index contributed by atoms with van der Waals surface area (Å²) < 4.78 is 28.0. The number of hydrogen-bond acceptors (Lipinski definition) is 3. The van der Waals surface area contributed by atoms with Crippen molar-refractivity contribution < 1.29 is 8.94 Å². The van der Waals surface area contributed by atoms with Crippen LogP contribution < -0.4 is 0 Å². The Bertz CT molecular complexity index is 1240. The average molecular weight is 407 g/mol. The standard InChI is InChI=1S/C22H12ClFN2OS/c23-15-8-9-18-20(11-15)26-13-21(22(18)17-6-1-2-7-19(17)24)28(27)16-5-3-4-14(10-16)12-25/h1-11,13H. The maximum Gasteiger partial charge on any atom is 0.185 e. The van der Waals surface area contributed by atoms with Crippen LogP contribution >= 0.6 is 11.6 Å². The quantitative estimate of drug-likeness (QED) is 0.408. The van der Waals surface area contributed by atoms with E-state index in [0.29, 0.717) is 42.4 Å². The Morgan fingerprint density at radius 2 is 1.86 bits per heavy atom. The van der Waals surface area contributed by atoms with Gasteiger partial charge in [0, 0.05) is 33.2 Å². The summed E-state index contributed by atoms with van der Waals surface area (Å²) in [4.78, 5) is 5.20. The molecule has 6 heteroatoms. The van der Waals surface area contributed by atoms with Crippen LogP contribution in [0.2, 0.25) is 5.02 Å². The van der Waals surface area contributed by atoms with Gasteiger partial charge in [0.2, 0.25) is 0 Å². The van der Waals surface area contributed by atoms with E-state index in [1.807, 2.05) is 6.07 Å². The Morgan fingerprint density at radius 3 is 2.64 bits per heavy atom. The molecule has 136 valence electrons. The van der Waals surface area contributed by atoms with Crippen LogP contribution in [0, 0.1) is 17.1 Å². The van der Waals surface area contributed by atoms with Crippen LogP contribution in [-0.4, -0.2) is 9.54 Å². The van der Waals surface area contributed by atoms with Gasteiger partial charge in [0.15, 0.2) is 9.79 Å². The smallest absolute Gasteiger partial charge is 0.185 e. The summed E-state index contributed by atoms with van der Waals surface area (Å²) in [7, 11) is 0. The largest absolute Gasteiger partial charge is 0.606 e. The summed E-state index contributed by atoms with van der Waals surface area (Å²) in [5.74, 6) is -0.422. The van der Waals surface area contributed by atoms with Crippen molar-refractivity contribution in [3.63, 3.8) is 0 Å². The van der Waals surface area contributed by atoms with E-state index in [-0.39, 0.29) is 0 Å². The molecule has 3 aromatic carbocycles. The first kappa shape index (κ1) is 18.5. The zero-order valence-electron chi connectivity index (χ0n) is 14.4. The monoisotopic (exact) mass is 406 g/mol. The topological polar surface area (TPSA) is 59.7 Å². The molecule has 0 saturated heterocycles. The molecule has 0 aliphatic rings. The van der Waals surface area contributed by atoms with Gasteiger partial charge in [-0.05, 0) is 30.3 Å². The summed E-state index contributed by atoms with van der Waals surface area (Å²) in [5, 5.41) is 10.3. The van der Waals surface area contributed by atoms with Crippen molar-refractivity contribution in [2.45, 2.75) is 9.79 Å². The summed E-state index contributed by atoms with van der Waals surface area (Å²) in [5.41, 5.74) is 1.81. The molecule has 4 aromatic rings. The molecule has 0 aliphatic carbocycles. The Balaban J connectivity index is 2.01. The van der Waals surface area contributed by atoms with Gasteiger partial charge in [-0.15, -0.1) is 0 Å². The number of nitriles is 1. The average Bonchev–Trinajstić information content (AvgIpc) is 2.73. The molecule has 0 bridgehead atoms. The Kier molecular flexibility index (Phi) is 5.01.